The third-order valence-corrected chi connectivity index (χ3v) is 5.05. The van der Waals surface area contributed by atoms with Crippen molar-refractivity contribution in [2.75, 3.05) is 50.6 Å². The highest BCUT2D eigenvalue weighted by Gasteiger charge is 2.26. The SMILES string of the molecule is COc1cc(NC(=O)N2CCN(c3ccc([N+](=O)[O-])cc3C(=O)NO)CC2)cc(OC)c1. The van der Waals surface area contributed by atoms with Crippen molar-refractivity contribution in [3.63, 3.8) is 0 Å². The summed E-state index contributed by atoms with van der Waals surface area (Å²) >= 11 is 0. The van der Waals surface area contributed by atoms with Gasteiger partial charge in [0, 0.05) is 62.2 Å². The van der Waals surface area contributed by atoms with Gasteiger partial charge in [0.25, 0.3) is 11.6 Å². The van der Waals surface area contributed by atoms with E-state index >= 15 is 0 Å². The molecule has 0 bridgehead atoms. The molecule has 3 N–H and O–H groups in total. The number of carbonyl (C=O) groups excluding carboxylic acids is 2. The topological polar surface area (TPSA) is 147 Å². The van der Waals surface area contributed by atoms with E-state index in [9.17, 15) is 19.7 Å². The lowest BCUT2D eigenvalue weighted by molar-refractivity contribution is -0.384. The molecule has 3 amide bonds. The predicted molar refractivity (Wildman–Crippen MR) is 115 cm³/mol. The van der Waals surface area contributed by atoms with Gasteiger partial charge in [0.15, 0.2) is 0 Å². The van der Waals surface area contributed by atoms with E-state index in [1.54, 1.807) is 23.1 Å². The van der Waals surface area contributed by atoms with Crippen molar-refractivity contribution in [1.29, 1.82) is 0 Å². The minimum atomic E-state index is -0.851. The van der Waals surface area contributed by atoms with Crippen molar-refractivity contribution in [1.82, 2.24) is 10.4 Å². The van der Waals surface area contributed by atoms with Crippen LogP contribution in [-0.2, 0) is 0 Å². The predicted octanol–water partition coefficient (Wildman–Crippen LogP) is 2.09. The Hall–Kier alpha value is -4.06. The summed E-state index contributed by atoms with van der Waals surface area (Å²) in [4.78, 5) is 38.6. The Bertz CT molecular complexity index is 999. The summed E-state index contributed by atoms with van der Waals surface area (Å²) in [6, 6.07) is 8.59. The molecule has 1 heterocycles. The number of ether oxygens (including phenoxy) is 2. The maximum Gasteiger partial charge on any atom is 0.321 e. The number of hydroxylamine groups is 1. The van der Waals surface area contributed by atoms with E-state index in [1.807, 2.05) is 4.90 Å². The van der Waals surface area contributed by atoms with Crippen LogP contribution in [0, 0.1) is 10.1 Å². The minimum absolute atomic E-state index is 0.0249. The van der Waals surface area contributed by atoms with E-state index in [-0.39, 0.29) is 17.3 Å². The van der Waals surface area contributed by atoms with Crippen molar-refractivity contribution in [3.8, 4) is 11.5 Å². The minimum Gasteiger partial charge on any atom is -0.497 e. The zero-order chi connectivity index (χ0) is 23.3. The van der Waals surface area contributed by atoms with E-state index in [4.69, 9.17) is 14.7 Å². The van der Waals surface area contributed by atoms with Crippen LogP contribution in [0.4, 0.5) is 21.9 Å². The molecule has 2 aromatic carbocycles. The average molecular weight is 445 g/mol. The number of non-ortho nitro benzene ring substituents is 1. The van der Waals surface area contributed by atoms with Crippen molar-refractivity contribution in [3.05, 3.63) is 52.1 Å². The van der Waals surface area contributed by atoms with Gasteiger partial charge >= 0.3 is 6.03 Å². The summed E-state index contributed by atoms with van der Waals surface area (Å²) in [6.45, 7) is 1.48. The molecule has 0 aromatic heterocycles. The molecule has 3 rings (SSSR count). The Morgan fingerprint density at radius 1 is 1.03 bits per heavy atom. The number of nitrogens with one attached hydrogen (secondary N) is 2. The van der Waals surface area contributed by atoms with Crippen molar-refractivity contribution < 1.29 is 29.2 Å². The summed E-state index contributed by atoms with van der Waals surface area (Å²) in [5.41, 5.74) is 2.18. The summed E-state index contributed by atoms with van der Waals surface area (Å²) in [5, 5.41) is 22.8. The second-order valence-corrected chi connectivity index (χ2v) is 6.91. The number of amides is 3. The molecule has 1 aliphatic rings. The first-order valence-corrected chi connectivity index (χ1v) is 9.63. The first-order chi connectivity index (χ1) is 15.4. The summed E-state index contributed by atoms with van der Waals surface area (Å²) in [7, 11) is 3.03. The molecule has 170 valence electrons. The maximum absolute atomic E-state index is 12.7. The normalized spacial score (nSPS) is 13.3. The number of hydrogen-bond donors (Lipinski definition) is 3. The second kappa shape index (κ2) is 9.83. The first kappa shape index (κ1) is 22.6. The average Bonchev–Trinajstić information content (AvgIpc) is 2.82. The molecular formula is C20H23N5O7. The third kappa shape index (κ3) is 4.98. The molecule has 0 saturated carbocycles. The Labute approximate surface area is 183 Å². The maximum atomic E-state index is 12.7. The van der Waals surface area contributed by atoms with Crippen LogP contribution in [0.15, 0.2) is 36.4 Å². The summed E-state index contributed by atoms with van der Waals surface area (Å²) in [6.07, 6.45) is 0. The molecule has 0 atom stereocenters. The molecule has 1 saturated heterocycles. The number of rotatable bonds is 6. The highest BCUT2D eigenvalue weighted by atomic mass is 16.6. The number of piperazine rings is 1. The fraction of sp³-hybridized carbons (Fsp3) is 0.300. The van der Waals surface area contributed by atoms with Gasteiger partial charge in [0.05, 0.1) is 30.4 Å². The Morgan fingerprint density at radius 2 is 1.66 bits per heavy atom. The van der Waals surface area contributed by atoms with E-state index in [0.717, 1.165) is 6.07 Å². The smallest absolute Gasteiger partial charge is 0.321 e. The summed E-state index contributed by atoms with van der Waals surface area (Å²) in [5.74, 6) is 0.227. The molecule has 1 fully saturated rings. The number of hydrogen-bond acceptors (Lipinski definition) is 8. The molecule has 0 aliphatic carbocycles. The lowest BCUT2D eigenvalue weighted by Crippen LogP contribution is -2.50. The van der Waals surface area contributed by atoms with Crippen molar-refractivity contribution in [2.24, 2.45) is 0 Å². The fourth-order valence-corrected chi connectivity index (χ4v) is 3.39. The number of nitro groups is 1. The van der Waals surface area contributed by atoms with E-state index in [0.29, 0.717) is 49.1 Å². The van der Waals surface area contributed by atoms with Crippen LogP contribution in [0.25, 0.3) is 0 Å². The number of urea groups is 1. The van der Waals surface area contributed by atoms with Crippen LogP contribution in [0.1, 0.15) is 10.4 Å². The van der Waals surface area contributed by atoms with Gasteiger partial charge in [0.2, 0.25) is 0 Å². The molecular weight excluding hydrogens is 422 g/mol. The standard InChI is InChI=1S/C20H23N5O7/c1-31-15-9-13(10-16(12-15)32-2)21-20(27)24-7-5-23(6-8-24)18-4-3-14(25(29)30)11-17(18)19(26)22-28/h3-4,9-12,28H,5-8H2,1-2H3,(H,21,27)(H,22,26). The van der Waals surface area contributed by atoms with Gasteiger partial charge in [-0.05, 0) is 6.07 Å². The van der Waals surface area contributed by atoms with Gasteiger partial charge in [-0.2, -0.15) is 0 Å². The van der Waals surface area contributed by atoms with Gasteiger partial charge in [-0.25, -0.2) is 10.3 Å². The van der Waals surface area contributed by atoms with Gasteiger partial charge in [-0.1, -0.05) is 0 Å². The zero-order valence-electron chi connectivity index (χ0n) is 17.5. The van der Waals surface area contributed by atoms with E-state index in [2.05, 4.69) is 5.32 Å². The molecule has 2 aromatic rings. The summed E-state index contributed by atoms with van der Waals surface area (Å²) < 4.78 is 10.4. The van der Waals surface area contributed by atoms with Crippen LogP contribution in [-0.4, -0.2) is 67.4 Å². The largest absolute Gasteiger partial charge is 0.497 e. The van der Waals surface area contributed by atoms with E-state index < -0.39 is 10.8 Å². The molecule has 0 spiro atoms. The monoisotopic (exact) mass is 445 g/mol. The second-order valence-electron chi connectivity index (χ2n) is 6.91. The molecule has 32 heavy (non-hydrogen) atoms. The Morgan fingerprint density at radius 3 is 2.19 bits per heavy atom. The number of carbonyl (C=O) groups is 2. The van der Waals surface area contributed by atoms with E-state index in [1.165, 1.54) is 31.8 Å². The first-order valence-electron chi connectivity index (χ1n) is 9.63. The van der Waals surface area contributed by atoms with Crippen LogP contribution < -0.4 is 25.2 Å². The van der Waals surface area contributed by atoms with Crippen LogP contribution >= 0.6 is 0 Å². The van der Waals surface area contributed by atoms with Crippen molar-refractivity contribution in [2.45, 2.75) is 0 Å². The molecule has 0 radical (unpaired) electrons. The van der Waals surface area contributed by atoms with Crippen LogP contribution in [0.5, 0.6) is 11.5 Å². The van der Waals surface area contributed by atoms with Crippen LogP contribution in [0.2, 0.25) is 0 Å². The van der Waals surface area contributed by atoms with Gasteiger partial charge in [0.1, 0.15) is 11.5 Å². The molecule has 12 nitrogen and oxygen atoms in total. The highest BCUT2D eigenvalue weighted by Crippen LogP contribution is 2.28. The number of methoxy groups -OCH3 is 2. The lowest BCUT2D eigenvalue weighted by atomic mass is 10.1. The van der Waals surface area contributed by atoms with Gasteiger partial charge in [-0.3, -0.25) is 20.1 Å². The third-order valence-electron chi connectivity index (χ3n) is 5.05. The molecule has 1 aliphatic heterocycles. The number of nitro benzene ring substituents is 1. The van der Waals surface area contributed by atoms with Gasteiger partial charge in [-0.15, -0.1) is 0 Å². The van der Waals surface area contributed by atoms with Crippen LogP contribution in [0.3, 0.4) is 0 Å². The number of benzene rings is 2. The highest BCUT2D eigenvalue weighted by molar-refractivity contribution is 6.00. The number of nitrogens with zero attached hydrogens (tertiary/aromatic N) is 3. The van der Waals surface area contributed by atoms with Gasteiger partial charge < -0.3 is 24.6 Å². The Kier molecular flexibility index (Phi) is 6.95. The molecule has 0 unspecified atom stereocenters. The molecule has 12 heteroatoms. The fourth-order valence-electron chi connectivity index (χ4n) is 3.39. The van der Waals surface area contributed by atoms with Crippen molar-refractivity contribution >= 4 is 29.0 Å². The zero-order valence-corrected chi connectivity index (χ0v) is 17.5. The quantitative estimate of drug-likeness (QED) is 0.348. The number of anilines is 2. The lowest BCUT2D eigenvalue weighted by Gasteiger charge is -2.36. The Balaban J connectivity index is 1.69.